The van der Waals surface area contributed by atoms with Gasteiger partial charge in [0.1, 0.15) is 6.61 Å². The van der Waals surface area contributed by atoms with Crippen molar-refractivity contribution in [1.82, 2.24) is 24.6 Å². The highest BCUT2D eigenvalue weighted by molar-refractivity contribution is 5.76. The van der Waals surface area contributed by atoms with Crippen LogP contribution < -0.4 is 4.90 Å². The van der Waals surface area contributed by atoms with Crippen LogP contribution in [0.4, 0.5) is 37.1 Å². The Hall–Kier alpha value is -4.37. The van der Waals surface area contributed by atoms with Crippen LogP contribution >= 0.6 is 0 Å². The van der Waals surface area contributed by atoms with E-state index in [2.05, 4.69) is 15.1 Å². The largest absolute Gasteiger partial charge is 0.469 e. The molecule has 4 rings (SSSR count). The normalized spacial score (nSPS) is 17.2. The summed E-state index contributed by atoms with van der Waals surface area (Å²) < 4.78 is 93.8. The van der Waals surface area contributed by atoms with E-state index in [1.165, 1.54) is 29.3 Å². The lowest BCUT2D eigenvalue weighted by Gasteiger charge is -2.30. The Balaban J connectivity index is 1.69. The van der Waals surface area contributed by atoms with Crippen LogP contribution in [0.1, 0.15) is 50.3 Å². The predicted molar refractivity (Wildman–Crippen MR) is 153 cm³/mol. The number of anilines is 1. The zero-order valence-electron chi connectivity index (χ0n) is 25.8. The molecule has 1 saturated heterocycles. The predicted octanol–water partition coefficient (Wildman–Crippen LogP) is 6.11. The Morgan fingerprint density at radius 2 is 1.59 bits per heavy atom. The minimum Gasteiger partial charge on any atom is -0.469 e. The zero-order chi connectivity index (χ0) is 34.0. The summed E-state index contributed by atoms with van der Waals surface area (Å²) in [6, 6.07) is 0.407. The van der Waals surface area contributed by atoms with Crippen LogP contribution in [0.5, 0.6) is 0 Å². The number of carbonyl (C=O) groups excluding carboxylic acids is 2. The summed E-state index contributed by atoms with van der Waals surface area (Å²) >= 11 is 0. The van der Waals surface area contributed by atoms with E-state index in [1.807, 2.05) is 6.92 Å². The molecule has 1 aromatic carbocycles. The first-order valence-corrected chi connectivity index (χ1v) is 14.3. The first-order chi connectivity index (χ1) is 21.4. The number of carbonyl (C=O) groups is 2. The summed E-state index contributed by atoms with van der Waals surface area (Å²) in [5.41, 5.74) is -2.99. The van der Waals surface area contributed by atoms with Crippen LogP contribution in [-0.2, 0) is 40.2 Å². The number of aryl methyl sites for hydroxylation is 1. The molecule has 1 fully saturated rings. The Kier molecular flexibility index (Phi) is 9.87. The zero-order valence-corrected chi connectivity index (χ0v) is 25.8. The fraction of sp³-hybridized carbons (Fsp3) is 0.500. The van der Waals surface area contributed by atoms with Crippen molar-refractivity contribution in [2.24, 2.45) is 12.5 Å². The molecule has 0 N–H and O–H groups in total. The third-order valence-corrected chi connectivity index (χ3v) is 7.77. The van der Waals surface area contributed by atoms with E-state index in [1.54, 1.807) is 38.0 Å². The highest BCUT2D eigenvalue weighted by atomic mass is 19.4. The molecular weight excluding hydrogens is 622 g/mol. The molecule has 2 aromatic heterocycles. The molecule has 250 valence electrons. The van der Waals surface area contributed by atoms with Crippen LogP contribution in [0, 0.1) is 5.41 Å². The van der Waals surface area contributed by atoms with E-state index in [9.17, 15) is 35.9 Å². The molecule has 0 aliphatic carbocycles. The van der Waals surface area contributed by atoms with Gasteiger partial charge >= 0.3 is 24.4 Å². The van der Waals surface area contributed by atoms with Gasteiger partial charge in [-0.1, -0.05) is 6.92 Å². The van der Waals surface area contributed by atoms with Crippen molar-refractivity contribution in [2.45, 2.75) is 64.6 Å². The highest BCUT2D eigenvalue weighted by Crippen LogP contribution is 2.37. The third-order valence-electron chi connectivity index (χ3n) is 7.77. The topological polar surface area (TPSA) is 103 Å². The fourth-order valence-corrected chi connectivity index (χ4v) is 5.25. The molecule has 1 amide bonds. The van der Waals surface area contributed by atoms with Gasteiger partial charge in [-0.25, -0.2) is 14.8 Å². The molecule has 16 heteroatoms. The number of amides is 1. The number of benzene rings is 1. The van der Waals surface area contributed by atoms with Crippen molar-refractivity contribution >= 4 is 18.0 Å². The van der Waals surface area contributed by atoms with E-state index in [0.29, 0.717) is 36.1 Å². The summed E-state index contributed by atoms with van der Waals surface area (Å²) in [4.78, 5) is 37.0. The number of nitrogens with zero attached hydrogens (tertiary/aromatic N) is 6. The minimum absolute atomic E-state index is 0.00873. The molecule has 3 aromatic rings. The molecule has 46 heavy (non-hydrogen) atoms. The lowest BCUT2D eigenvalue weighted by Crippen LogP contribution is -2.42. The molecule has 3 heterocycles. The first kappa shape index (κ1) is 34.5. The van der Waals surface area contributed by atoms with Gasteiger partial charge < -0.3 is 19.3 Å². The van der Waals surface area contributed by atoms with Gasteiger partial charge in [0.25, 0.3) is 0 Å². The number of likely N-dealkylation sites (tertiary alicyclic amines) is 1. The average Bonchev–Trinajstić information content (AvgIpc) is 3.64. The number of hydrogen-bond donors (Lipinski definition) is 0. The number of esters is 1. The van der Waals surface area contributed by atoms with Gasteiger partial charge in [0, 0.05) is 55.9 Å². The summed E-state index contributed by atoms with van der Waals surface area (Å²) in [7, 11) is 2.94. The Morgan fingerprint density at radius 1 is 0.978 bits per heavy atom. The number of ether oxygens (including phenoxy) is 2. The van der Waals surface area contributed by atoms with Gasteiger partial charge in [-0.2, -0.15) is 31.4 Å². The van der Waals surface area contributed by atoms with E-state index in [4.69, 9.17) is 9.47 Å². The molecule has 0 radical (unpaired) electrons. The second-order valence-corrected chi connectivity index (χ2v) is 11.8. The summed E-state index contributed by atoms with van der Waals surface area (Å²) in [5.74, 6) is -0.537. The quantitative estimate of drug-likeness (QED) is 0.201. The Bertz CT molecular complexity index is 1510. The molecule has 1 aliphatic rings. The van der Waals surface area contributed by atoms with Gasteiger partial charge in [-0.05, 0) is 50.5 Å². The van der Waals surface area contributed by atoms with Gasteiger partial charge in [0.05, 0.1) is 35.9 Å². The first-order valence-electron chi connectivity index (χ1n) is 14.3. The van der Waals surface area contributed by atoms with Gasteiger partial charge in [-0.3, -0.25) is 9.48 Å². The van der Waals surface area contributed by atoms with Crippen molar-refractivity contribution < 1.29 is 45.4 Å². The third kappa shape index (κ3) is 7.88. The molecule has 0 unspecified atom stereocenters. The maximum absolute atomic E-state index is 13.7. The monoisotopic (exact) mass is 656 g/mol. The standard InChI is InChI=1S/C30H34F6N6O4/c1-6-23-10-24(16-42(23)27(44)46-17-28(2,3)25(43)45-5)41(26-37-11-19(12-38-26)20-13-39-40(4)15-20)14-18-7-21(29(31,32)33)9-22(8-18)30(34,35)36/h7-9,11-13,15,23-24H,6,10,14,16-17H2,1-5H3/t23-,24+/m1/s1. The van der Waals surface area contributed by atoms with E-state index in [-0.39, 0.29) is 36.8 Å². The van der Waals surface area contributed by atoms with Crippen molar-refractivity contribution in [3.8, 4) is 11.1 Å². The van der Waals surface area contributed by atoms with Crippen molar-refractivity contribution in [1.29, 1.82) is 0 Å². The van der Waals surface area contributed by atoms with Crippen LogP contribution in [0.25, 0.3) is 11.1 Å². The maximum Gasteiger partial charge on any atom is 0.416 e. The average molecular weight is 657 g/mol. The second-order valence-electron chi connectivity index (χ2n) is 11.8. The molecule has 0 bridgehead atoms. The molecule has 1 aliphatic heterocycles. The Labute approximate surface area is 261 Å². The van der Waals surface area contributed by atoms with Crippen LogP contribution in [0.15, 0.2) is 43.0 Å². The van der Waals surface area contributed by atoms with E-state index >= 15 is 0 Å². The highest BCUT2D eigenvalue weighted by Gasteiger charge is 2.41. The minimum atomic E-state index is -5.03. The van der Waals surface area contributed by atoms with Crippen molar-refractivity contribution in [2.75, 3.05) is 25.2 Å². The smallest absolute Gasteiger partial charge is 0.416 e. The summed E-state index contributed by atoms with van der Waals surface area (Å²) in [6.45, 7) is 4.25. The summed E-state index contributed by atoms with van der Waals surface area (Å²) in [6.07, 6.45) is -3.73. The van der Waals surface area contributed by atoms with Crippen molar-refractivity contribution in [3.05, 3.63) is 59.7 Å². The van der Waals surface area contributed by atoms with Gasteiger partial charge in [-0.15, -0.1) is 0 Å². The van der Waals surface area contributed by atoms with Crippen LogP contribution in [0.3, 0.4) is 0 Å². The molecule has 2 atom stereocenters. The van der Waals surface area contributed by atoms with E-state index < -0.39 is 53.5 Å². The number of aromatic nitrogens is 4. The SMILES string of the molecule is CC[C@@H]1C[C@H](N(Cc2cc(C(F)(F)F)cc(C(F)(F)F)c2)c2ncc(-c3cnn(C)c3)cn2)CN1C(=O)OCC(C)(C)C(=O)OC. The molecule has 0 spiro atoms. The van der Waals surface area contributed by atoms with Gasteiger partial charge in [0.2, 0.25) is 5.95 Å². The van der Waals surface area contributed by atoms with Crippen LogP contribution in [0.2, 0.25) is 0 Å². The fourth-order valence-electron chi connectivity index (χ4n) is 5.25. The van der Waals surface area contributed by atoms with Crippen LogP contribution in [-0.4, -0.2) is 69.1 Å². The second kappa shape index (κ2) is 13.2. The number of halogens is 6. The van der Waals surface area contributed by atoms with Crippen molar-refractivity contribution in [3.63, 3.8) is 0 Å². The molecule has 0 saturated carbocycles. The number of alkyl halides is 6. The lowest BCUT2D eigenvalue weighted by molar-refractivity contribution is -0.153. The number of rotatable bonds is 9. The molecule has 10 nitrogen and oxygen atoms in total. The maximum atomic E-state index is 13.7. The number of methoxy groups -OCH3 is 1. The summed E-state index contributed by atoms with van der Waals surface area (Å²) in [5, 5.41) is 4.10. The Morgan fingerprint density at radius 3 is 2.09 bits per heavy atom. The van der Waals surface area contributed by atoms with E-state index in [0.717, 1.165) is 0 Å². The van der Waals surface area contributed by atoms with Gasteiger partial charge in [0.15, 0.2) is 0 Å². The molecular formula is C30H34F6N6O4. The lowest BCUT2D eigenvalue weighted by atomic mass is 9.95. The number of hydrogen-bond acceptors (Lipinski definition) is 8.